The summed E-state index contributed by atoms with van der Waals surface area (Å²) in [6.07, 6.45) is 8.18. The minimum absolute atomic E-state index is 0.391. The fourth-order valence-electron chi connectivity index (χ4n) is 4.23. The van der Waals surface area contributed by atoms with Gasteiger partial charge in [-0.05, 0) is 49.2 Å². The molecule has 28 heavy (non-hydrogen) atoms. The molecule has 5 rings (SSSR count). The Hall–Kier alpha value is -2.51. The van der Waals surface area contributed by atoms with Crippen LogP contribution in [0.1, 0.15) is 30.1 Å². The molecule has 0 bridgehead atoms. The van der Waals surface area contributed by atoms with Gasteiger partial charge in [0.1, 0.15) is 0 Å². The van der Waals surface area contributed by atoms with Crippen LogP contribution in [0, 0.1) is 0 Å². The van der Waals surface area contributed by atoms with Crippen molar-refractivity contribution in [2.45, 2.75) is 25.3 Å². The number of hydrogen-bond donors (Lipinski definition) is 0. The summed E-state index contributed by atoms with van der Waals surface area (Å²) in [7, 11) is 0. The zero-order chi connectivity index (χ0) is 18.8. The highest BCUT2D eigenvalue weighted by Gasteiger charge is 2.25. The normalized spacial score (nSPS) is 21.3. The van der Waals surface area contributed by atoms with Crippen molar-refractivity contribution >= 4 is 11.3 Å². The molecule has 3 aromatic rings. The second-order valence-electron chi connectivity index (χ2n) is 7.69. The van der Waals surface area contributed by atoms with Crippen LogP contribution in [-0.2, 0) is 11.3 Å². The molecular weight excluding hydrogens is 352 g/mol. The van der Waals surface area contributed by atoms with E-state index in [-0.39, 0.29) is 0 Å². The predicted octanol–water partition coefficient (Wildman–Crippen LogP) is 2.34. The molecule has 2 saturated heterocycles. The number of nitrogens with zero attached hydrogens (tertiary/aromatic N) is 6. The summed E-state index contributed by atoms with van der Waals surface area (Å²) in [6, 6.07) is 8.43. The fraction of sp³-hybridized carbons (Fsp3) is 0.476. The maximum absolute atomic E-state index is 5.46. The van der Waals surface area contributed by atoms with Crippen molar-refractivity contribution < 1.29 is 4.74 Å². The van der Waals surface area contributed by atoms with E-state index in [1.807, 2.05) is 16.9 Å². The van der Waals surface area contributed by atoms with Gasteiger partial charge < -0.3 is 9.64 Å². The van der Waals surface area contributed by atoms with Crippen LogP contribution in [0.4, 0.5) is 5.69 Å². The van der Waals surface area contributed by atoms with Crippen LogP contribution in [0.25, 0.3) is 5.65 Å². The molecule has 0 spiro atoms. The van der Waals surface area contributed by atoms with Crippen LogP contribution < -0.4 is 4.90 Å². The zero-order valence-corrected chi connectivity index (χ0v) is 16.1. The minimum Gasteiger partial charge on any atom is -0.378 e. The second-order valence-corrected chi connectivity index (χ2v) is 7.69. The SMILES string of the molecule is c1cc(CN2CCC[C@H](c3nc4ccc(N5CCOCC5)cn4n3)C2)ccn1. The highest BCUT2D eigenvalue weighted by molar-refractivity contribution is 5.51. The lowest BCUT2D eigenvalue weighted by molar-refractivity contribution is 0.122. The summed E-state index contributed by atoms with van der Waals surface area (Å²) in [5, 5.41) is 4.84. The average molecular weight is 378 g/mol. The molecule has 2 aliphatic heterocycles. The van der Waals surface area contributed by atoms with E-state index < -0.39 is 0 Å². The van der Waals surface area contributed by atoms with E-state index in [0.717, 1.165) is 63.8 Å². The predicted molar refractivity (Wildman–Crippen MR) is 108 cm³/mol. The topological polar surface area (TPSA) is 58.8 Å². The molecule has 7 nitrogen and oxygen atoms in total. The molecule has 0 N–H and O–H groups in total. The quantitative estimate of drug-likeness (QED) is 0.695. The molecule has 2 aliphatic rings. The Labute approximate surface area is 165 Å². The Balaban J connectivity index is 1.32. The molecule has 0 radical (unpaired) electrons. The van der Waals surface area contributed by atoms with Crippen molar-refractivity contribution in [1.29, 1.82) is 0 Å². The molecule has 146 valence electrons. The summed E-state index contributed by atoms with van der Waals surface area (Å²) < 4.78 is 7.41. The van der Waals surface area contributed by atoms with E-state index in [9.17, 15) is 0 Å². The highest BCUT2D eigenvalue weighted by atomic mass is 16.5. The molecule has 0 saturated carbocycles. The van der Waals surface area contributed by atoms with E-state index in [1.54, 1.807) is 0 Å². The van der Waals surface area contributed by atoms with E-state index in [1.165, 1.54) is 17.7 Å². The summed E-state index contributed by atoms with van der Waals surface area (Å²) in [5.74, 6) is 1.36. The molecule has 2 fully saturated rings. The monoisotopic (exact) mass is 378 g/mol. The molecule has 0 unspecified atom stereocenters. The number of morpholine rings is 1. The first-order valence-electron chi connectivity index (χ1n) is 10.2. The smallest absolute Gasteiger partial charge is 0.156 e. The number of aromatic nitrogens is 4. The summed E-state index contributed by atoms with van der Waals surface area (Å²) in [6.45, 7) is 6.54. The van der Waals surface area contributed by atoms with Crippen LogP contribution in [0.3, 0.4) is 0 Å². The summed E-state index contributed by atoms with van der Waals surface area (Å²) in [4.78, 5) is 13.8. The third-order valence-corrected chi connectivity index (χ3v) is 5.73. The van der Waals surface area contributed by atoms with Crippen LogP contribution in [-0.4, -0.2) is 63.9 Å². The van der Waals surface area contributed by atoms with Gasteiger partial charge in [0.25, 0.3) is 0 Å². The zero-order valence-electron chi connectivity index (χ0n) is 16.1. The molecular formula is C21H26N6O. The van der Waals surface area contributed by atoms with E-state index >= 15 is 0 Å². The largest absolute Gasteiger partial charge is 0.378 e. The molecule has 7 heteroatoms. The van der Waals surface area contributed by atoms with Crippen molar-refractivity contribution in [3.05, 3.63) is 54.2 Å². The summed E-state index contributed by atoms with van der Waals surface area (Å²) >= 11 is 0. The Bertz CT molecular complexity index is 921. The number of rotatable bonds is 4. The number of fused-ring (bicyclic) bond motifs is 1. The summed E-state index contributed by atoms with van der Waals surface area (Å²) in [5.41, 5.74) is 3.43. The Morgan fingerprint density at radius 1 is 1.04 bits per heavy atom. The van der Waals surface area contributed by atoms with Crippen molar-refractivity contribution in [3.63, 3.8) is 0 Å². The maximum Gasteiger partial charge on any atom is 0.156 e. The van der Waals surface area contributed by atoms with Crippen LogP contribution >= 0.6 is 0 Å². The molecule has 0 aliphatic carbocycles. The van der Waals surface area contributed by atoms with Crippen LogP contribution in [0.2, 0.25) is 0 Å². The van der Waals surface area contributed by atoms with Gasteiger partial charge in [0.2, 0.25) is 0 Å². The molecule has 0 aromatic carbocycles. The van der Waals surface area contributed by atoms with Crippen LogP contribution in [0.15, 0.2) is 42.9 Å². The first-order chi connectivity index (χ1) is 13.8. The number of pyridine rings is 2. The van der Waals surface area contributed by atoms with Crippen LogP contribution in [0.5, 0.6) is 0 Å². The third-order valence-electron chi connectivity index (χ3n) is 5.73. The first kappa shape index (κ1) is 17.6. The Morgan fingerprint density at radius 3 is 2.75 bits per heavy atom. The van der Waals surface area contributed by atoms with Gasteiger partial charge in [-0.3, -0.25) is 9.88 Å². The van der Waals surface area contributed by atoms with E-state index in [2.05, 4.69) is 45.2 Å². The standard InChI is InChI=1S/C21H26N6O/c1-2-18(15-25(9-1)14-17-5-7-22-8-6-17)21-23-20-4-3-19(16-27(20)24-21)26-10-12-28-13-11-26/h3-8,16,18H,1-2,9-15H2/t18-/m0/s1. The maximum atomic E-state index is 5.46. The van der Waals surface area contributed by atoms with Gasteiger partial charge in [0.15, 0.2) is 11.5 Å². The van der Waals surface area contributed by atoms with Crippen molar-refractivity contribution in [2.24, 2.45) is 0 Å². The van der Waals surface area contributed by atoms with Gasteiger partial charge in [-0.15, -0.1) is 0 Å². The van der Waals surface area contributed by atoms with Crippen molar-refractivity contribution in [1.82, 2.24) is 24.5 Å². The van der Waals surface area contributed by atoms with Gasteiger partial charge >= 0.3 is 0 Å². The lowest BCUT2D eigenvalue weighted by atomic mass is 9.97. The van der Waals surface area contributed by atoms with Gasteiger partial charge in [0.05, 0.1) is 25.1 Å². The third kappa shape index (κ3) is 3.72. The van der Waals surface area contributed by atoms with Gasteiger partial charge in [-0.1, -0.05) is 0 Å². The van der Waals surface area contributed by atoms with E-state index in [0.29, 0.717) is 5.92 Å². The highest BCUT2D eigenvalue weighted by Crippen LogP contribution is 2.26. The molecule has 1 atom stereocenters. The Morgan fingerprint density at radius 2 is 1.89 bits per heavy atom. The van der Waals surface area contributed by atoms with E-state index in [4.69, 9.17) is 14.8 Å². The number of piperidine rings is 1. The van der Waals surface area contributed by atoms with Gasteiger partial charge in [-0.2, -0.15) is 5.10 Å². The fourth-order valence-corrected chi connectivity index (χ4v) is 4.23. The average Bonchev–Trinajstić information content (AvgIpc) is 3.19. The van der Waals surface area contributed by atoms with Crippen molar-refractivity contribution in [3.8, 4) is 0 Å². The minimum atomic E-state index is 0.391. The lowest BCUT2D eigenvalue weighted by Gasteiger charge is -2.31. The van der Waals surface area contributed by atoms with Gasteiger partial charge in [-0.25, -0.2) is 9.50 Å². The number of hydrogen-bond acceptors (Lipinski definition) is 6. The second kappa shape index (κ2) is 7.85. The number of ether oxygens (including phenoxy) is 1. The molecule has 3 aromatic heterocycles. The number of likely N-dealkylation sites (tertiary alicyclic amines) is 1. The molecule has 0 amide bonds. The lowest BCUT2D eigenvalue weighted by Crippen LogP contribution is -2.36. The number of anilines is 1. The first-order valence-corrected chi connectivity index (χ1v) is 10.2. The molecule has 5 heterocycles. The van der Waals surface area contributed by atoms with Gasteiger partial charge in [0, 0.05) is 44.5 Å². The van der Waals surface area contributed by atoms with Crippen molar-refractivity contribution in [2.75, 3.05) is 44.3 Å². The Kier molecular flexibility index (Phi) is 4.93.